The first-order valence-electron chi connectivity index (χ1n) is 9.18. The summed E-state index contributed by atoms with van der Waals surface area (Å²) in [4.78, 5) is 12.1. The van der Waals surface area contributed by atoms with Crippen molar-refractivity contribution in [2.24, 2.45) is 0 Å². The minimum absolute atomic E-state index is 0.221. The molecule has 1 atom stereocenters. The maximum Gasteiger partial charge on any atom is 0.331 e. The van der Waals surface area contributed by atoms with Crippen LogP contribution in [0.3, 0.4) is 0 Å². The lowest BCUT2D eigenvalue weighted by molar-refractivity contribution is -0.143. The zero-order valence-electron chi connectivity index (χ0n) is 16.5. The Morgan fingerprint density at radius 1 is 1.07 bits per heavy atom. The van der Waals surface area contributed by atoms with E-state index in [9.17, 15) is 4.79 Å². The maximum absolute atomic E-state index is 12.1. The fourth-order valence-electron chi connectivity index (χ4n) is 2.52. The van der Waals surface area contributed by atoms with Crippen molar-refractivity contribution in [1.82, 2.24) is 10.2 Å². The molecule has 1 aromatic heterocycles. The number of rotatable bonds is 8. The van der Waals surface area contributed by atoms with Gasteiger partial charge in [0.1, 0.15) is 11.5 Å². The fourth-order valence-corrected chi connectivity index (χ4v) is 2.52. The molecule has 3 rings (SSSR count). The van der Waals surface area contributed by atoms with E-state index in [1.807, 2.05) is 43.3 Å². The second kappa shape index (κ2) is 9.54. The van der Waals surface area contributed by atoms with Gasteiger partial charge in [0.25, 0.3) is 5.89 Å². The summed E-state index contributed by atoms with van der Waals surface area (Å²) in [6, 6.07) is 14.6. The average molecular weight is 394 g/mol. The van der Waals surface area contributed by atoms with Crippen LogP contribution in [-0.2, 0) is 9.53 Å². The predicted octanol–water partition coefficient (Wildman–Crippen LogP) is 4.46. The van der Waals surface area contributed by atoms with Gasteiger partial charge in [-0.3, -0.25) is 0 Å². The van der Waals surface area contributed by atoms with Crippen LogP contribution in [0.5, 0.6) is 11.5 Å². The molecule has 0 fully saturated rings. The molecule has 0 bridgehead atoms. The highest BCUT2D eigenvalue weighted by atomic mass is 16.6. The number of hydrogen-bond donors (Lipinski definition) is 0. The van der Waals surface area contributed by atoms with Crippen molar-refractivity contribution >= 4 is 12.0 Å². The first kappa shape index (κ1) is 20.1. The monoisotopic (exact) mass is 394 g/mol. The van der Waals surface area contributed by atoms with Crippen molar-refractivity contribution in [3.8, 4) is 23.0 Å². The molecule has 1 heterocycles. The molecular weight excluding hydrogens is 372 g/mol. The largest absolute Gasteiger partial charge is 0.497 e. The van der Waals surface area contributed by atoms with E-state index in [0.717, 1.165) is 22.6 Å². The van der Waals surface area contributed by atoms with Gasteiger partial charge in [-0.05, 0) is 61.9 Å². The molecule has 0 aliphatic rings. The highest BCUT2D eigenvalue weighted by molar-refractivity contribution is 5.87. The Morgan fingerprint density at radius 2 is 1.76 bits per heavy atom. The van der Waals surface area contributed by atoms with Crippen LogP contribution in [0.4, 0.5) is 0 Å². The first-order valence-corrected chi connectivity index (χ1v) is 9.18. The lowest BCUT2D eigenvalue weighted by atomic mass is 10.2. The molecule has 7 nitrogen and oxygen atoms in total. The molecule has 0 saturated heterocycles. The third kappa shape index (κ3) is 5.44. The van der Waals surface area contributed by atoms with Gasteiger partial charge in [-0.15, -0.1) is 10.2 Å². The SMILES string of the molecule is CCOc1ccc(/C=C/C(=O)O[C@H](C)c2nnc(-c3ccc(OC)cc3)o2)cc1. The van der Waals surface area contributed by atoms with Gasteiger partial charge < -0.3 is 18.6 Å². The second-order valence-electron chi connectivity index (χ2n) is 6.09. The molecule has 3 aromatic rings. The van der Waals surface area contributed by atoms with Gasteiger partial charge in [0.15, 0.2) is 6.10 Å². The molecule has 29 heavy (non-hydrogen) atoms. The van der Waals surface area contributed by atoms with Crippen LogP contribution in [0.2, 0.25) is 0 Å². The van der Waals surface area contributed by atoms with Crippen molar-refractivity contribution < 1.29 is 23.4 Å². The Bertz CT molecular complexity index is 962. The molecule has 0 amide bonds. The molecule has 150 valence electrons. The second-order valence-corrected chi connectivity index (χ2v) is 6.09. The number of esters is 1. The molecule has 2 aromatic carbocycles. The summed E-state index contributed by atoms with van der Waals surface area (Å²) in [6.07, 6.45) is 2.35. The summed E-state index contributed by atoms with van der Waals surface area (Å²) in [7, 11) is 1.60. The van der Waals surface area contributed by atoms with Gasteiger partial charge in [0, 0.05) is 11.6 Å². The van der Waals surface area contributed by atoms with Gasteiger partial charge in [-0.2, -0.15) is 0 Å². The Balaban J connectivity index is 1.58. The van der Waals surface area contributed by atoms with Gasteiger partial charge >= 0.3 is 5.97 Å². The molecule has 0 aliphatic heterocycles. The standard InChI is InChI=1S/C22H22N2O5/c1-4-27-19-10-5-16(6-11-19)7-14-20(25)28-15(2)21-23-24-22(29-21)17-8-12-18(26-3)13-9-17/h5-15H,4H2,1-3H3/b14-7+/t15-/m1/s1. The molecular formula is C22H22N2O5. The first-order chi connectivity index (χ1) is 14.1. The summed E-state index contributed by atoms with van der Waals surface area (Å²) in [5.41, 5.74) is 1.61. The summed E-state index contributed by atoms with van der Waals surface area (Å²) >= 11 is 0. The number of benzene rings is 2. The third-order valence-electron chi connectivity index (χ3n) is 4.02. The lowest BCUT2D eigenvalue weighted by Gasteiger charge is -2.07. The van der Waals surface area contributed by atoms with Gasteiger partial charge in [-0.1, -0.05) is 12.1 Å². The van der Waals surface area contributed by atoms with Gasteiger partial charge in [-0.25, -0.2) is 4.79 Å². The van der Waals surface area contributed by atoms with Crippen molar-refractivity contribution in [2.75, 3.05) is 13.7 Å². The fraction of sp³-hybridized carbons (Fsp3) is 0.227. The van der Waals surface area contributed by atoms with Crippen molar-refractivity contribution in [3.63, 3.8) is 0 Å². The third-order valence-corrected chi connectivity index (χ3v) is 4.02. The molecule has 0 N–H and O–H groups in total. The number of carbonyl (C=O) groups excluding carboxylic acids is 1. The Kier molecular flexibility index (Phi) is 6.63. The van der Waals surface area contributed by atoms with Crippen LogP contribution in [-0.4, -0.2) is 29.9 Å². The van der Waals surface area contributed by atoms with E-state index in [0.29, 0.717) is 12.5 Å². The Morgan fingerprint density at radius 3 is 2.41 bits per heavy atom. The zero-order valence-corrected chi connectivity index (χ0v) is 16.5. The zero-order chi connectivity index (χ0) is 20.6. The van der Waals surface area contributed by atoms with E-state index in [1.165, 1.54) is 6.08 Å². The summed E-state index contributed by atoms with van der Waals surface area (Å²) in [6.45, 7) is 4.21. The van der Waals surface area contributed by atoms with Crippen molar-refractivity contribution in [1.29, 1.82) is 0 Å². The number of nitrogens with zero attached hydrogens (tertiary/aromatic N) is 2. The van der Waals surface area contributed by atoms with Crippen LogP contribution in [0.25, 0.3) is 17.5 Å². The smallest absolute Gasteiger partial charge is 0.331 e. The summed E-state index contributed by atoms with van der Waals surface area (Å²) < 4.78 is 21.5. The molecule has 0 aliphatic carbocycles. The minimum atomic E-state index is -0.674. The van der Waals surface area contributed by atoms with E-state index in [1.54, 1.807) is 32.2 Å². The lowest BCUT2D eigenvalue weighted by Crippen LogP contribution is -2.06. The summed E-state index contributed by atoms with van der Waals surface area (Å²) in [5.74, 6) is 1.57. The Hall–Kier alpha value is -3.61. The van der Waals surface area contributed by atoms with Gasteiger partial charge in [0.05, 0.1) is 13.7 Å². The van der Waals surface area contributed by atoms with Crippen LogP contribution in [0.1, 0.15) is 31.4 Å². The predicted molar refractivity (Wildman–Crippen MR) is 107 cm³/mol. The van der Waals surface area contributed by atoms with E-state index in [2.05, 4.69) is 10.2 Å². The van der Waals surface area contributed by atoms with Crippen LogP contribution in [0.15, 0.2) is 59.0 Å². The van der Waals surface area contributed by atoms with Crippen molar-refractivity contribution in [3.05, 3.63) is 66.1 Å². The molecule has 0 saturated carbocycles. The topological polar surface area (TPSA) is 83.7 Å². The quantitative estimate of drug-likeness (QED) is 0.412. The molecule has 7 heteroatoms. The Labute approximate surface area is 168 Å². The van der Waals surface area contributed by atoms with E-state index in [-0.39, 0.29) is 5.89 Å². The van der Waals surface area contributed by atoms with Gasteiger partial charge in [0.2, 0.25) is 5.89 Å². The number of aromatic nitrogens is 2. The highest BCUT2D eigenvalue weighted by Crippen LogP contribution is 2.24. The molecule has 0 radical (unpaired) electrons. The minimum Gasteiger partial charge on any atom is -0.497 e. The van der Waals surface area contributed by atoms with Crippen LogP contribution >= 0.6 is 0 Å². The van der Waals surface area contributed by atoms with E-state index >= 15 is 0 Å². The number of ether oxygens (including phenoxy) is 3. The van der Waals surface area contributed by atoms with Crippen molar-refractivity contribution in [2.45, 2.75) is 20.0 Å². The molecule has 0 unspecified atom stereocenters. The number of methoxy groups -OCH3 is 1. The van der Waals surface area contributed by atoms with Crippen LogP contribution < -0.4 is 9.47 Å². The summed E-state index contributed by atoms with van der Waals surface area (Å²) in [5, 5.41) is 7.98. The maximum atomic E-state index is 12.1. The number of hydrogen-bond acceptors (Lipinski definition) is 7. The average Bonchev–Trinajstić information content (AvgIpc) is 3.24. The van der Waals surface area contributed by atoms with Crippen LogP contribution in [0, 0.1) is 0 Å². The van der Waals surface area contributed by atoms with E-state index in [4.69, 9.17) is 18.6 Å². The molecule has 0 spiro atoms. The highest BCUT2D eigenvalue weighted by Gasteiger charge is 2.18. The normalized spacial score (nSPS) is 12.0. The van der Waals surface area contributed by atoms with E-state index < -0.39 is 12.1 Å². The number of carbonyl (C=O) groups is 1.